The molecule has 0 saturated carbocycles. The van der Waals surface area contributed by atoms with E-state index in [1.807, 2.05) is 13.8 Å². The third-order valence-electron chi connectivity index (χ3n) is 7.16. The third kappa shape index (κ3) is 6.96. The van der Waals surface area contributed by atoms with Gasteiger partial charge in [0.25, 0.3) is 11.1 Å². The summed E-state index contributed by atoms with van der Waals surface area (Å²) in [6.45, 7) is 6.40. The van der Waals surface area contributed by atoms with Crippen LogP contribution in [0.25, 0.3) is 22.1 Å². The number of ether oxygens (including phenoxy) is 2. The fourth-order valence-electron chi connectivity index (χ4n) is 5.22. The quantitative estimate of drug-likeness (QED) is 0.297. The van der Waals surface area contributed by atoms with Crippen molar-refractivity contribution in [2.75, 3.05) is 37.9 Å². The summed E-state index contributed by atoms with van der Waals surface area (Å²) in [4.78, 5) is 41.5. The summed E-state index contributed by atoms with van der Waals surface area (Å²) in [6, 6.07) is 5.32. The Hall–Kier alpha value is -2.46. The Morgan fingerprint density at radius 2 is 1.22 bits per heavy atom. The van der Waals surface area contributed by atoms with E-state index in [-0.39, 0.29) is 35.1 Å². The van der Waals surface area contributed by atoms with Gasteiger partial charge >= 0.3 is 0 Å². The maximum absolute atomic E-state index is 12.5. The lowest BCUT2D eigenvalue weighted by Gasteiger charge is -2.25. The second-order valence-corrected chi connectivity index (χ2v) is 10.6. The summed E-state index contributed by atoms with van der Waals surface area (Å²) in [7, 11) is 0. The number of nitrogens with zero attached hydrogens (tertiary/aromatic N) is 6. The van der Waals surface area contributed by atoms with E-state index in [2.05, 4.69) is 64.1 Å². The van der Waals surface area contributed by atoms with Crippen molar-refractivity contribution in [2.45, 2.75) is 51.6 Å². The van der Waals surface area contributed by atoms with Crippen molar-refractivity contribution in [3.8, 4) is 0 Å². The normalized spacial score (nSPS) is 16.1. The highest BCUT2D eigenvalue weighted by Gasteiger charge is 2.22. The number of aryl methyl sites for hydroxylation is 2. The number of rotatable bonds is 2. The fourth-order valence-corrected chi connectivity index (χ4v) is 5.64. The maximum atomic E-state index is 12.5. The number of nitrogen functional groups attached to an aromatic ring is 2. The first kappa shape index (κ1) is 31.5. The van der Waals surface area contributed by atoms with Gasteiger partial charge in [-0.25, -0.2) is 9.97 Å². The molecule has 2 saturated heterocycles. The Balaban J connectivity index is 0.000000178. The zero-order chi connectivity index (χ0) is 29.7. The molecule has 4 N–H and O–H groups in total. The summed E-state index contributed by atoms with van der Waals surface area (Å²) in [6.07, 6.45) is 3.24. The smallest absolute Gasteiger partial charge is 0.266 e. The SMILES string of the molecule is BrBr.Cc1nc(N)nc2c1cc(Br)c(=O)n2C1CCOCC1.Cc1nc(N)nc2c1ccc(=O)n2C1CCOCC1. The molecule has 2 fully saturated rings. The van der Waals surface area contributed by atoms with Crippen LogP contribution in [0, 0.1) is 13.8 Å². The van der Waals surface area contributed by atoms with Gasteiger partial charge in [-0.05, 0) is 67.6 Å². The molecule has 6 heterocycles. The molecule has 220 valence electrons. The van der Waals surface area contributed by atoms with Crippen molar-refractivity contribution in [3.63, 3.8) is 0 Å². The number of halogens is 3. The molecule has 2 aliphatic rings. The second kappa shape index (κ2) is 14.1. The summed E-state index contributed by atoms with van der Waals surface area (Å²) in [5.74, 6) is 0.397. The van der Waals surface area contributed by atoms with Gasteiger partial charge in [-0.1, -0.05) is 0 Å². The van der Waals surface area contributed by atoms with E-state index >= 15 is 0 Å². The van der Waals surface area contributed by atoms with Gasteiger partial charge in [-0.3, -0.25) is 18.7 Å². The average molecular weight is 759 g/mol. The molecule has 15 heteroatoms. The number of pyridine rings is 2. The van der Waals surface area contributed by atoms with Crippen LogP contribution in [0.1, 0.15) is 49.2 Å². The van der Waals surface area contributed by atoms with E-state index in [0.29, 0.717) is 42.2 Å². The van der Waals surface area contributed by atoms with Gasteiger partial charge in [0.2, 0.25) is 11.9 Å². The lowest BCUT2D eigenvalue weighted by molar-refractivity contribution is 0.0695. The molecule has 4 aromatic rings. The van der Waals surface area contributed by atoms with Crippen molar-refractivity contribution in [2.24, 2.45) is 0 Å². The van der Waals surface area contributed by atoms with Crippen LogP contribution in [0.5, 0.6) is 0 Å². The first-order valence-corrected chi connectivity index (χ1v) is 17.6. The molecule has 0 aromatic carbocycles. The highest BCUT2D eigenvalue weighted by atomic mass is 80.9. The fraction of sp³-hybridized carbons (Fsp3) is 0.462. The zero-order valence-electron chi connectivity index (χ0n) is 22.6. The number of nitrogens with two attached hydrogens (primary N) is 2. The van der Waals surface area contributed by atoms with E-state index in [0.717, 1.165) is 47.8 Å². The molecule has 0 radical (unpaired) electrons. The van der Waals surface area contributed by atoms with Crippen molar-refractivity contribution in [1.82, 2.24) is 29.1 Å². The number of hydrogen-bond donors (Lipinski definition) is 2. The van der Waals surface area contributed by atoms with Gasteiger partial charge in [0, 0.05) is 83.6 Å². The van der Waals surface area contributed by atoms with Crippen molar-refractivity contribution in [1.29, 1.82) is 0 Å². The van der Waals surface area contributed by atoms with Gasteiger partial charge in [-0.2, -0.15) is 9.97 Å². The number of hydrogen-bond acceptors (Lipinski definition) is 10. The van der Waals surface area contributed by atoms with Gasteiger partial charge in [0.1, 0.15) is 11.3 Å². The molecular formula is C26H31Br3N8O4. The highest BCUT2D eigenvalue weighted by molar-refractivity contribution is 9.93. The molecule has 12 nitrogen and oxygen atoms in total. The second-order valence-electron chi connectivity index (χ2n) is 9.71. The Labute approximate surface area is 259 Å². The molecule has 41 heavy (non-hydrogen) atoms. The summed E-state index contributed by atoms with van der Waals surface area (Å²) in [5.41, 5.74) is 14.1. The largest absolute Gasteiger partial charge is 0.381 e. The van der Waals surface area contributed by atoms with Gasteiger partial charge < -0.3 is 20.9 Å². The van der Waals surface area contributed by atoms with Crippen LogP contribution in [-0.4, -0.2) is 55.5 Å². The van der Waals surface area contributed by atoms with E-state index in [1.54, 1.807) is 27.3 Å². The van der Waals surface area contributed by atoms with Gasteiger partial charge in [-0.15, -0.1) is 0 Å². The predicted molar refractivity (Wildman–Crippen MR) is 170 cm³/mol. The Morgan fingerprint density at radius 3 is 1.76 bits per heavy atom. The third-order valence-corrected chi connectivity index (χ3v) is 7.73. The van der Waals surface area contributed by atoms with Crippen molar-refractivity contribution < 1.29 is 9.47 Å². The van der Waals surface area contributed by atoms with Crippen LogP contribution in [0.15, 0.2) is 32.3 Å². The summed E-state index contributed by atoms with van der Waals surface area (Å²) >= 11 is 8.84. The monoisotopic (exact) mass is 756 g/mol. The Morgan fingerprint density at radius 1 is 0.756 bits per heavy atom. The molecule has 0 bridgehead atoms. The average Bonchev–Trinajstić information content (AvgIpc) is 2.96. The first-order valence-electron chi connectivity index (χ1n) is 13.0. The first-order chi connectivity index (χ1) is 19.7. The molecular weight excluding hydrogens is 728 g/mol. The highest BCUT2D eigenvalue weighted by Crippen LogP contribution is 2.27. The van der Waals surface area contributed by atoms with Crippen LogP contribution in [-0.2, 0) is 9.47 Å². The van der Waals surface area contributed by atoms with Crippen LogP contribution < -0.4 is 22.6 Å². The minimum absolute atomic E-state index is 0.0445. The molecule has 0 atom stereocenters. The Kier molecular flexibility index (Phi) is 10.9. The zero-order valence-corrected chi connectivity index (χ0v) is 27.4. The van der Waals surface area contributed by atoms with Crippen LogP contribution in [0.2, 0.25) is 0 Å². The molecule has 4 aromatic heterocycles. The number of fused-ring (bicyclic) bond motifs is 2. The van der Waals surface area contributed by atoms with E-state index < -0.39 is 0 Å². The van der Waals surface area contributed by atoms with E-state index in [4.69, 9.17) is 20.9 Å². The molecule has 0 amide bonds. The minimum atomic E-state index is -0.0816. The minimum Gasteiger partial charge on any atom is -0.381 e. The van der Waals surface area contributed by atoms with Gasteiger partial charge in [0.15, 0.2) is 0 Å². The standard InChI is InChI=1S/C13H15BrN4O2.C13H16N4O2.Br2/c1-7-9-6-10(14)12(19)18(8-2-4-20-5-3-8)11(9)17-13(15)16-7;1-8-10-2-3-11(18)17(9-4-6-19-7-5-9)12(10)16-13(14)15-8;1-2/h6,8H,2-5H2,1H3,(H2,15,16,17);2-3,9H,4-7H2,1H3,(H2,14,15,16);. The lowest BCUT2D eigenvalue weighted by atomic mass is 10.1. The molecule has 2 aliphatic heterocycles. The predicted octanol–water partition coefficient (Wildman–Crippen LogP) is 4.52. The lowest BCUT2D eigenvalue weighted by Crippen LogP contribution is -2.30. The van der Waals surface area contributed by atoms with E-state index in [9.17, 15) is 9.59 Å². The van der Waals surface area contributed by atoms with Crippen LogP contribution >= 0.6 is 44.2 Å². The van der Waals surface area contributed by atoms with Crippen LogP contribution in [0.3, 0.4) is 0 Å². The summed E-state index contributed by atoms with van der Waals surface area (Å²) < 4.78 is 14.7. The van der Waals surface area contributed by atoms with Crippen molar-refractivity contribution in [3.05, 3.63) is 54.8 Å². The summed E-state index contributed by atoms with van der Waals surface area (Å²) in [5, 5.41) is 1.72. The van der Waals surface area contributed by atoms with Gasteiger partial charge in [0.05, 0.1) is 15.9 Å². The molecule has 0 spiro atoms. The molecule has 0 unspecified atom stereocenters. The molecule has 6 rings (SSSR count). The molecule has 0 aliphatic carbocycles. The topological polar surface area (TPSA) is 166 Å². The van der Waals surface area contributed by atoms with Crippen LogP contribution in [0.4, 0.5) is 11.9 Å². The van der Waals surface area contributed by atoms with E-state index in [1.165, 1.54) is 0 Å². The number of anilines is 2. The number of aromatic nitrogens is 6. The van der Waals surface area contributed by atoms with Crippen molar-refractivity contribution >= 4 is 78.1 Å². The maximum Gasteiger partial charge on any atom is 0.266 e. The Bertz CT molecular complexity index is 1650.